The van der Waals surface area contributed by atoms with Crippen molar-refractivity contribution in [1.29, 1.82) is 0 Å². The fraction of sp³-hybridized carbons (Fsp3) is 0.385. The number of aromatic hydroxyl groups is 1. The van der Waals surface area contributed by atoms with Gasteiger partial charge in [-0.2, -0.15) is 0 Å². The summed E-state index contributed by atoms with van der Waals surface area (Å²) in [5.41, 5.74) is 0.919. The van der Waals surface area contributed by atoms with E-state index in [0.29, 0.717) is 30.0 Å². The number of Topliss-reactive ketones (excluding diaryl/α,β-unsaturated/α-hetero) is 1. The second kappa shape index (κ2) is 11.1. The molecule has 0 aromatic heterocycles. The van der Waals surface area contributed by atoms with E-state index in [2.05, 4.69) is 6.92 Å². The number of amides is 1. The van der Waals surface area contributed by atoms with Crippen molar-refractivity contribution in [2.24, 2.45) is 0 Å². The Morgan fingerprint density at radius 2 is 1.91 bits per heavy atom. The summed E-state index contributed by atoms with van der Waals surface area (Å²) in [5.74, 6) is -0.997. The van der Waals surface area contributed by atoms with Gasteiger partial charge in [-0.3, -0.25) is 9.59 Å². The molecule has 0 aliphatic carbocycles. The van der Waals surface area contributed by atoms with Crippen LogP contribution in [0.2, 0.25) is 0 Å². The van der Waals surface area contributed by atoms with E-state index in [1.807, 2.05) is 19.0 Å². The van der Waals surface area contributed by atoms with Crippen molar-refractivity contribution in [2.45, 2.75) is 25.8 Å². The first kappa shape index (κ1) is 25.1. The maximum absolute atomic E-state index is 13.1. The summed E-state index contributed by atoms with van der Waals surface area (Å²) in [4.78, 5) is 29.5. The van der Waals surface area contributed by atoms with Gasteiger partial charge in [-0.15, -0.1) is 0 Å². The van der Waals surface area contributed by atoms with E-state index in [-0.39, 0.29) is 29.4 Å². The Morgan fingerprint density at radius 3 is 2.59 bits per heavy atom. The molecule has 0 saturated carbocycles. The number of phenols is 1. The standard InChI is InChI=1S/C26H32N2O6/c1-5-6-14-34-19-9-7-8-18(15-19)24(30)22-23(17-10-11-20(29)21(16-17)33-4)28(13-12-27(2)3)26(32)25(22)31/h7-11,15-16,23,29-30H,5-6,12-14H2,1-4H3. The molecule has 1 unspecified atom stereocenters. The van der Waals surface area contributed by atoms with E-state index in [4.69, 9.17) is 9.47 Å². The highest BCUT2D eigenvalue weighted by molar-refractivity contribution is 6.46. The molecule has 182 valence electrons. The van der Waals surface area contributed by atoms with Gasteiger partial charge in [0.15, 0.2) is 11.5 Å². The molecule has 0 spiro atoms. The molecule has 34 heavy (non-hydrogen) atoms. The highest BCUT2D eigenvalue weighted by Gasteiger charge is 2.46. The number of nitrogens with zero attached hydrogens (tertiary/aromatic N) is 2. The molecule has 1 amide bonds. The molecular weight excluding hydrogens is 436 g/mol. The number of methoxy groups -OCH3 is 1. The van der Waals surface area contributed by atoms with E-state index in [1.165, 1.54) is 18.1 Å². The molecule has 8 heteroatoms. The van der Waals surface area contributed by atoms with E-state index < -0.39 is 17.7 Å². The molecule has 1 fully saturated rings. The molecule has 1 aliphatic heterocycles. The number of likely N-dealkylation sites (tertiary alicyclic amines) is 1. The Kier molecular flexibility index (Phi) is 8.17. The molecule has 2 aromatic carbocycles. The number of unbranched alkanes of at least 4 members (excludes halogenated alkanes) is 1. The average Bonchev–Trinajstić information content (AvgIpc) is 3.07. The van der Waals surface area contributed by atoms with Gasteiger partial charge in [0.1, 0.15) is 11.5 Å². The van der Waals surface area contributed by atoms with Crippen molar-refractivity contribution in [2.75, 3.05) is 40.9 Å². The van der Waals surface area contributed by atoms with Gasteiger partial charge in [0.05, 0.1) is 25.3 Å². The number of ether oxygens (including phenoxy) is 2. The van der Waals surface area contributed by atoms with Gasteiger partial charge in [-0.05, 0) is 50.3 Å². The fourth-order valence-corrected chi connectivity index (χ4v) is 3.85. The summed E-state index contributed by atoms with van der Waals surface area (Å²) in [6.45, 7) is 3.42. The van der Waals surface area contributed by atoms with Gasteiger partial charge < -0.3 is 29.5 Å². The van der Waals surface area contributed by atoms with Crippen LogP contribution in [0, 0.1) is 0 Å². The number of carbonyl (C=O) groups is 2. The minimum atomic E-state index is -0.834. The van der Waals surface area contributed by atoms with Crippen LogP contribution >= 0.6 is 0 Å². The third kappa shape index (κ3) is 5.34. The summed E-state index contributed by atoms with van der Waals surface area (Å²) in [6, 6.07) is 10.7. The Hall–Kier alpha value is -3.52. The Labute approximate surface area is 200 Å². The lowest BCUT2D eigenvalue weighted by Crippen LogP contribution is -2.35. The summed E-state index contributed by atoms with van der Waals surface area (Å²) < 4.78 is 11.0. The number of aliphatic hydroxyl groups excluding tert-OH is 1. The van der Waals surface area contributed by atoms with Crippen molar-refractivity contribution >= 4 is 17.4 Å². The summed E-state index contributed by atoms with van der Waals surface area (Å²) in [5, 5.41) is 21.3. The number of aliphatic hydroxyl groups is 1. The van der Waals surface area contributed by atoms with Crippen LogP contribution in [0.5, 0.6) is 17.2 Å². The second-order valence-electron chi connectivity index (χ2n) is 8.46. The Bertz CT molecular complexity index is 1080. The zero-order chi connectivity index (χ0) is 24.8. The molecule has 1 heterocycles. The van der Waals surface area contributed by atoms with E-state index in [9.17, 15) is 19.8 Å². The predicted molar refractivity (Wildman–Crippen MR) is 129 cm³/mol. The predicted octanol–water partition coefficient (Wildman–Crippen LogP) is 3.56. The first-order chi connectivity index (χ1) is 16.3. The minimum absolute atomic E-state index is 0.0118. The van der Waals surface area contributed by atoms with Gasteiger partial charge in [-0.1, -0.05) is 31.5 Å². The molecule has 8 nitrogen and oxygen atoms in total. The van der Waals surface area contributed by atoms with Crippen LogP contribution in [0.25, 0.3) is 5.76 Å². The van der Waals surface area contributed by atoms with Gasteiger partial charge in [-0.25, -0.2) is 0 Å². The smallest absolute Gasteiger partial charge is 0.295 e. The van der Waals surface area contributed by atoms with Crippen LogP contribution in [0.3, 0.4) is 0 Å². The highest BCUT2D eigenvalue weighted by atomic mass is 16.5. The molecule has 1 saturated heterocycles. The zero-order valence-corrected chi connectivity index (χ0v) is 20.1. The van der Waals surface area contributed by atoms with Gasteiger partial charge in [0.25, 0.3) is 11.7 Å². The molecule has 2 N–H and O–H groups in total. The fourth-order valence-electron chi connectivity index (χ4n) is 3.85. The van der Waals surface area contributed by atoms with Gasteiger partial charge >= 0.3 is 0 Å². The number of phenolic OH excluding ortho intramolecular Hbond substituents is 1. The number of ketones is 1. The van der Waals surface area contributed by atoms with E-state index in [0.717, 1.165) is 12.8 Å². The molecule has 0 bridgehead atoms. The lowest BCUT2D eigenvalue weighted by molar-refractivity contribution is -0.140. The topological polar surface area (TPSA) is 99.5 Å². The molecule has 1 atom stereocenters. The number of likely N-dealkylation sites (N-methyl/N-ethyl adjacent to an activating group) is 1. The SMILES string of the molecule is CCCCOc1cccc(C(O)=C2C(=O)C(=O)N(CCN(C)C)C2c2ccc(O)c(OC)c2)c1. The lowest BCUT2D eigenvalue weighted by Gasteiger charge is -2.27. The summed E-state index contributed by atoms with van der Waals surface area (Å²) in [7, 11) is 5.17. The first-order valence-corrected chi connectivity index (χ1v) is 11.3. The highest BCUT2D eigenvalue weighted by Crippen LogP contribution is 2.41. The average molecular weight is 469 g/mol. The monoisotopic (exact) mass is 468 g/mol. The summed E-state index contributed by atoms with van der Waals surface area (Å²) in [6.07, 6.45) is 1.89. The van der Waals surface area contributed by atoms with Crippen LogP contribution in [0.1, 0.15) is 36.9 Å². The lowest BCUT2D eigenvalue weighted by atomic mass is 9.95. The first-order valence-electron chi connectivity index (χ1n) is 11.3. The second-order valence-corrected chi connectivity index (χ2v) is 8.46. The Balaban J connectivity index is 2.10. The van der Waals surface area contributed by atoms with Crippen molar-refractivity contribution in [1.82, 2.24) is 9.80 Å². The Morgan fingerprint density at radius 1 is 1.15 bits per heavy atom. The van der Waals surface area contributed by atoms with E-state index >= 15 is 0 Å². The van der Waals surface area contributed by atoms with Crippen molar-refractivity contribution in [3.63, 3.8) is 0 Å². The summed E-state index contributed by atoms with van der Waals surface area (Å²) >= 11 is 0. The number of benzene rings is 2. The number of hydrogen-bond acceptors (Lipinski definition) is 7. The minimum Gasteiger partial charge on any atom is -0.507 e. The maximum atomic E-state index is 13.1. The quantitative estimate of drug-likeness (QED) is 0.238. The number of rotatable bonds is 10. The van der Waals surface area contributed by atoms with Gasteiger partial charge in [0, 0.05) is 18.7 Å². The maximum Gasteiger partial charge on any atom is 0.295 e. The molecule has 2 aromatic rings. The van der Waals surface area contributed by atoms with Crippen LogP contribution in [-0.4, -0.2) is 72.6 Å². The third-order valence-corrected chi connectivity index (χ3v) is 5.72. The number of carbonyl (C=O) groups excluding carboxylic acids is 2. The van der Waals surface area contributed by atoms with Gasteiger partial charge in [0.2, 0.25) is 0 Å². The van der Waals surface area contributed by atoms with Crippen LogP contribution in [0.4, 0.5) is 0 Å². The van der Waals surface area contributed by atoms with E-state index in [1.54, 1.807) is 36.4 Å². The normalized spacial score (nSPS) is 17.4. The molecule has 0 radical (unpaired) electrons. The third-order valence-electron chi connectivity index (χ3n) is 5.72. The number of hydrogen-bond donors (Lipinski definition) is 2. The van der Waals surface area contributed by atoms with Crippen molar-refractivity contribution < 1.29 is 29.3 Å². The van der Waals surface area contributed by atoms with Crippen LogP contribution in [0.15, 0.2) is 48.0 Å². The molecule has 1 aliphatic rings. The van der Waals surface area contributed by atoms with Crippen molar-refractivity contribution in [3.05, 3.63) is 59.2 Å². The van der Waals surface area contributed by atoms with Crippen molar-refractivity contribution in [3.8, 4) is 17.2 Å². The van der Waals surface area contributed by atoms with Crippen LogP contribution in [-0.2, 0) is 9.59 Å². The largest absolute Gasteiger partial charge is 0.507 e. The molecule has 3 rings (SSSR count). The molecular formula is C26H32N2O6. The van der Waals surface area contributed by atoms with Crippen LogP contribution < -0.4 is 9.47 Å². The zero-order valence-electron chi connectivity index (χ0n) is 20.1.